The van der Waals surface area contributed by atoms with Crippen LogP contribution in [0, 0.1) is 0 Å². The van der Waals surface area contributed by atoms with Gasteiger partial charge in [-0.1, -0.05) is 11.8 Å². The number of hydrogen-bond acceptors (Lipinski definition) is 6. The first-order valence-corrected chi connectivity index (χ1v) is 6.03. The minimum absolute atomic E-state index is 0.145. The number of furan rings is 1. The standard InChI is InChI=1S/C10H12N4O2S/c1-7(15)4-6-17-10-13-12-9(14(10)11)8-3-2-5-16-8/h2-3,5H,4,6,11H2,1H3. The van der Waals surface area contributed by atoms with E-state index in [2.05, 4.69) is 10.2 Å². The van der Waals surface area contributed by atoms with Gasteiger partial charge in [-0.15, -0.1) is 10.2 Å². The van der Waals surface area contributed by atoms with E-state index in [4.69, 9.17) is 10.3 Å². The number of thioether (sulfide) groups is 1. The summed E-state index contributed by atoms with van der Waals surface area (Å²) in [5, 5.41) is 8.46. The third kappa shape index (κ3) is 2.68. The fraction of sp³-hybridized carbons (Fsp3) is 0.300. The number of ketones is 1. The molecule has 0 atom stereocenters. The average Bonchev–Trinajstić information content (AvgIpc) is 2.88. The molecule has 0 radical (unpaired) electrons. The van der Waals surface area contributed by atoms with Crippen molar-refractivity contribution < 1.29 is 9.21 Å². The molecular weight excluding hydrogens is 240 g/mol. The first-order chi connectivity index (χ1) is 8.18. The molecular formula is C10H12N4O2S. The Morgan fingerprint density at radius 3 is 3.06 bits per heavy atom. The molecule has 2 aromatic heterocycles. The summed E-state index contributed by atoms with van der Waals surface area (Å²) < 4.78 is 6.55. The molecule has 17 heavy (non-hydrogen) atoms. The SMILES string of the molecule is CC(=O)CCSc1nnc(-c2ccco2)n1N. The Morgan fingerprint density at radius 2 is 2.41 bits per heavy atom. The van der Waals surface area contributed by atoms with Crippen molar-refractivity contribution >= 4 is 17.5 Å². The third-order valence-corrected chi connectivity index (χ3v) is 3.04. The smallest absolute Gasteiger partial charge is 0.218 e. The maximum atomic E-state index is 10.8. The van der Waals surface area contributed by atoms with E-state index in [0.717, 1.165) is 0 Å². The monoisotopic (exact) mass is 252 g/mol. The van der Waals surface area contributed by atoms with Gasteiger partial charge in [0.25, 0.3) is 0 Å². The Balaban J connectivity index is 2.08. The number of rotatable bonds is 5. The Bertz CT molecular complexity index is 506. The second kappa shape index (κ2) is 5.05. The van der Waals surface area contributed by atoms with Crippen molar-refractivity contribution in [3.05, 3.63) is 18.4 Å². The lowest BCUT2D eigenvalue weighted by molar-refractivity contribution is -0.116. The summed E-state index contributed by atoms with van der Waals surface area (Å²) in [7, 11) is 0. The van der Waals surface area contributed by atoms with Gasteiger partial charge >= 0.3 is 0 Å². The molecule has 0 aliphatic carbocycles. The highest BCUT2D eigenvalue weighted by molar-refractivity contribution is 7.99. The van der Waals surface area contributed by atoms with Crippen LogP contribution >= 0.6 is 11.8 Å². The molecule has 7 heteroatoms. The van der Waals surface area contributed by atoms with Crippen molar-refractivity contribution in [2.75, 3.05) is 11.6 Å². The van der Waals surface area contributed by atoms with Gasteiger partial charge in [0.1, 0.15) is 5.78 Å². The van der Waals surface area contributed by atoms with Crippen LogP contribution in [0.3, 0.4) is 0 Å². The molecule has 0 spiro atoms. The molecule has 0 aliphatic rings. The quantitative estimate of drug-likeness (QED) is 0.638. The zero-order valence-electron chi connectivity index (χ0n) is 9.29. The highest BCUT2D eigenvalue weighted by Crippen LogP contribution is 2.21. The molecule has 0 saturated heterocycles. The third-order valence-electron chi connectivity index (χ3n) is 2.09. The molecule has 2 heterocycles. The molecule has 0 unspecified atom stereocenters. The number of nitrogens with two attached hydrogens (primary N) is 1. The Hall–Kier alpha value is -1.76. The maximum Gasteiger partial charge on any atom is 0.218 e. The van der Waals surface area contributed by atoms with E-state index in [9.17, 15) is 4.79 Å². The first-order valence-electron chi connectivity index (χ1n) is 5.05. The summed E-state index contributed by atoms with van der Waals surface area (Å²) >= 11 is 1.40. The molecule has 2 N–H and O–H groups in total. The zero-order chi connectivity index (χ0) is 12.3. The van der Waals surface area contributed by atoms with Crippen molar-refractivity contribution in [3.8, 4) is 11.6 Å². The molecule has 2 aromatic rings. The summed E-state index contributed by atoms with van der Waals surface area (Å²) in [5.74, 6) is 7.66. The summed E-state index contributed by atoms with van der Waals surface area (Å²) in [6, 6.07) is 3.52. The molecule has 0 aromatic carbocycles. The van der Waals surface area contributed by atoms with Crippen LogP contribution in [0.2, 0.25) is 0 Å². The van der Waals surface area contributed by atoms with Gasteiger partial charge in [-0.2, -0.15) is 0 Å². The fourth-order valence-corrected chi connectivity index (χ4v) is 2.13. The van der Waals surface area contributed by atoms with Crippen LogP contribution in [0.1, 0.15) is 13.3 Å². The fourth-order valence-electron chi connectivity index (χ4n) is 1.24. The van der Waals surface area contributed by atoms with E-state index in [1.54, 1.807) is 25.3 Å². The van der Waals surface area contributed by atoms with Gasteiger partial charge in [-0.05, 0) is 19.1 Å². The van der Waals surface area contributed by atoms with Gasteiger partial charge in [0.05, 0.1) is 6.26 Å². The Morgan fingerprint density at radius 1 is 1.59 bits per heavy atom. The maximum absolute atomic E-state index is 10.8. The summed E-state index contributed by atoms with van der Waals surface area (Å²) in [6.45, 7) is 1.56. The van der Waals surface area contributed by atoms with Gasteiger partial charge in [0, 0.05) is 12.2 Å². The number of carbonyl (C=O) groups is 1. The predicted molar refractivity (Wildman–Crippen MR) is 63.9 cm³/mol. The zero-order valence-corrected chi connectivity index (χ0v) is 10.1. The summed E-state index contributed by atoms with van der Waals surface area (Å²) in [4.78, 5) is 10.8. The predicted octanol–water partition coefficient (Wildman–Crippen LogP) is 1.32. The molecule has 0 aliphatic heterocycles. The van der Waals surface area contributed by atoms with Crippen LogP contribution in [0.4, 0.5) is 0 Å². The lowest BCUT2D eigenvalue weighted by Gasteiger charge is -2.00. The van der Waals surface area contributed by atoms with E-state index in [1.807, 2.05) is 0 Å². The average molecular weight is 252 g/mol. The second-order valence-electron chi connectivity index (χ2n) is 3.45. The van der Waals surface area contributed by atoms with Crippen LogP contribution in [0.5, 0.6) is 0 Å². The number of nitrogens with zero attached hydrogens (tertiary/aromatic N) is 3. The van der Waals surface area contributed by atoms with E-state index in [0.29, 0.717) is 28.9 Å². The van der Waals surface area contributed by atoms with E-state index >= 15 is 0 Å². The molecule has 90 valence electrons. The van der Waals surface area contributed by atoms with E-state index in [-0.39, 0.29) is 5.78 Å². The van der Waals surface area contributed by atoms with Crippen molar-refractivity contribution in [2.24, 2.45) is 0 Å². The lowest BCUT2D eigenvalue weighted by Crippen LogP contribution is -2.11. The molecule has 6 nitrogen and oxygen atoms in total. The molecule has 0 amide bonds. The molecule has 0 bridgehead atoms. The van der Waals surface area contributed by atoms with Crippen LogP contribution < -0.4 is 5.84 Å². The first kappa shape index (κ1) is 11.7. The van der Waals surface area contributed by atoms with Crippen LogP contribution in [0.15, 0.2) is 28.0 Å². The van der Waals surface area contributed by atoms with Crippen LogP contribution in [0.25, 0.3) is 11.6 Å². The van der Waals surface area contributed by atoms with Crippen molar-refractivity contribution in [1.29, 1.82) is 0 Å². The van der Waals surface area contributed by atoms with Gasteiger partial charge in [-0.25, -0.2) is 4.68 Å². The van der Waals surface area contributed by atoms with Crippen molar-refractivity contribution in [2.45, 2.75) is 18.5 Å². The number of Topliss-reactive ketones (excluding diaryl/α,β-unsaturated/α-hetero) is 1. The van der Waals surface area contributed by atoms with Crippen molar-refractivity contribution in [1.82, 2.24) is 14.9 Å². The van der Waals surface area contributed by atoms with E-state index < -0.39 is 0 Å². The Labute approximate surface area is 102 Å². The lowest BCUT2D eigenvalue weighted by atomic mass is 10.4. The second-order valence-corrected chi connectivity index (χ2v) is 4.52. The van der Waals surface area contributed by atoms with E-state index in [1.165, 1.54) is 16.4 Å². The summed E-state index contributed by atoms with van der Waals surface area (Å²) in [6.07, 6.45) is 2.04. The minimum atomic E-state index is 0.145. The highest BCUT2D eigenvalue weighted by atomic mass is 32.2. The Kier molecular flexibility index (Phi) is 3.48. The van der Waals surface area contributed by atoms with Gasteiger partial charge in [0.2, 0.25) is 11.0 Å². The molecule has 0 saturated carbocycles. The van der Waals surface area contributed by atoms with Gasteiger partial charge in [0.15, 0.2) is 5.76 Å². The van der Waals surface area contributed by atoms with Crippen molar-refractivity contribution in [3.63, 3.8) is 0 Å². The molecule has 2 rings (SSSR count). The number of nitrogen functional groups attached to an aromatic ring is 1. The molecule has 0 fully saturated rings. The van der Waals surface area contributed by atoms with Crippen LogP contribution in [-0.4, -0.2) is 26.4 Å². The highest BCUT2D eigenvalue weighted by Gasteiger charge is 2.13. The van der Waals surface area contributed by atoms with Gasteiger partial charge < -0.3 is 10.3 Å². The number of carbonyl (C=O) groups excluding carboxylic acids is 1. The number of aromatic nitrogens is 3. The number of hydrogen-bond donors (Lipinski definition) is 1. The topological polar surface area (TPSA) is 86.9 Å². The normalized spacial score (nSPS) is 10.6. The van der Waals surface area contributed by atoms with Crippen LogP contribution in [-0.2, 0) is 4.79 Å². The minimum Gasteiger partial charge on any atom is -0.461 e. The largest absolute Gasteiger partial charge is 0.461 e. The summed E-state index contributed by atoms with van der Waals surface area (Å²) in [5.41, 5.74) is 0. The van der Waals surface area contributed by atoms with Gasteiger partial charge in [-0.3, -0.25) is 4.79 Å².